The molecular formula is C11H15FO3. The third-order valence-corrected chi connectivity index (χ3v) is 1.92. The number of halogens is 1. The van der Waals surface area contributed by atoms with E-state index in [1.54, 1.807) is 19.9 Å². The van der Waals surface area contributed by atoms with E-state index in [9.17, 15) is 9.50 Å². The van der Waals surface area contributed by atoms with Crippen LogP contribution in [0.25, 0.3) is 0 Å². The van der Waals surface area contributed by atoms with Crippen LogP contribution >= 0.6 is 0 Å². The minimum Gasteiger partial charge on any atom is -0.488 e. The van der Waals surface area contributed by atoms with Crippen molar-refractivity contribution in [3.8, 4) is 5.75 Å². The van der Waals surface area contributed by atoms with Gasteiger partial charge in [0.1, 0.15) is 6.61 Å². The molecule has 1 unspecified atom stereocenters. The summed E-state index contributed by atoms with van der Waals surface area (Å²) in [5, 5.41) is 18.2. The Morgan fingerprint density at radius 1 is 1.33 bits per heavy atom. The molecule has 0 aromatic heterocycles. The number of rotatable bonds is 4. The van der Waals surface area contributed by atoms with Gasteiger partial charge in [0.15, 0.2) is 11.6 Å². The average Bonchev–Trinajstić information content (AvgIpc) is 2.15. The lowest BCUT2D eigenvalue weighted by Gasteiger charge is -2.11. The first-order valence-corrected chi connectivity index (χ1v) is 4.79. The number of aliphatic hydroxyl groups excluding tert-OH is 2. The summed E-state index contributed by atoms with van der Waals surface area (Å²) in [6.45, 7) is 3.16. The maximum absolute atomic E-state index is 13.3. The molecule has 0 radical (unpaired) electrons. The number of hydrogen-bond acceptors (Lipinski definition) is 3. The molecule has 84 valence electrons. The summed E-state index contributed by atoms with van der Waals surface area (Å²) in [5.41, 5.74) is 0.497. The van der Waals surface area contributed by atoms with Crippen molar-refractivity contribution in [2.24, 2.45) is 0 Å². The molecule has 4 heteroatoms. The summed E-state index contributed by atoms with van der Waals surface area (Å²) in [6, 6.07) is 4.26. The molecule has 2 atom stereocenters. The minimum atomic E-state index is -0.703. The second-order valence-electron chi connectivity index (χ2n) is 3.53. The van der Waals surface area contributed by atoms with Crippen molar-refractivity contribution in [3.63, 3.8) is 0 Å². The Hall–Kier alpha value is -1.13. The molecule has 15 heavy (non-hydrogen) atoms. The zero-order valence-corrected chi connectivity index (χ0v) is 8.77. The SMILES string of the molecule is CC(O)COc1ccc([C@H](C)O)cc1F. The maximum Gasteiger partial charge on any atom is 0.165 e. The van der Waals surface area contributed by atoms with Gasteiger partial charge in [-0.05, 0) is 31.5 Å². The molecule has 0 amide bonds. The van der Waals surface area contributed by atoms with E-state index in [0.29, 0.717) is 5.56 Å². The van der Waals surface area contributed by atoms with Crippen LogP contribution in [0.5, 0.6) is 5.75 Å². The van der Waals surface area contributed by atoms with Crippen LogP contribution in [-0.2, 0) is 0 Å². The Bertz CT molecular complexity index is 324. The van der Waals surface area contributed by atoms with Crippen LogP contribution in [0.2, 0.25) is 0 Å². The van der Waals surface area contributed by atoms with Crippen molar-refractivity contribution < 1.29 is 19.3 Å². The lowest BCUT2D eigenvalue weighted by Crippen LogP contribution is -2.13. The quantitative estimate of drug-likeness (QED) is 0.801. The first-order chi connectivity index (χ1) is 7.00. The third kappa shape index (κ3) is 3.49. The summed E-state index contributed by atoms with van der Waals surface area (Å²) in [5.74, 6) is -0.450. The van der Waals surface area contributed by atoms with Crippen LogP contribution < -0.4 is 4.74 Å². The van der Waals surface area contributed by atoms with Crippen LogP contribution in [0.3, 0.4) is 0 Å². The van der Waals surface area contributed by atoms with Crippen LogP contribution in [-0.4, -0.2) is 22.9 Å². The molecule has 0 aliphatic carbocycles. The molecule has 2 N–H and O–H groups in total. The summed E-state index contributed by atoms with van der Waals surface area (Å²) in [7, 11) is 0. The van der Waals surface area contributed by atoms with E-state index in [4.69, 9.17) is 9.84 Å². The first kappa shape index (κ1) is 11.9. The van der Waals surface area contributed by atoms with Crippen molar-refractivity contribution >= 4 is 0 Å². The van der Waals surface area contributed by atoms with E-state index in [1.807, 2.05) is 0 Å². The van der Waals surface area contributed by atoms with Gasteiger partial charge in [0, 0.05) is 0 Å². The van der Waals surface area contributed by atoms with Crippen LogP contribution in [0.4, 0.5) is 4.39 Å². The molecule has 1 aromatic rings. The molecule has 1 aromatic carbocycles. The predicted molar refractivity (Wildman–Crippen MR) is 54.2 cm³/mol. The van der Waals surface area contributed by atoms with Gasteiger partial charge in [-0.3, -0.25) is 0 Å². The summed E-state index contributed by atoms with van der Waals surface area (Å²) >= 11 is 0. The van der Waals surface area contributed by atoms with Gasteiger partial charge in [-0.1, -0.05) is 6.07 Å². The maximum atomic E-state index is 13.3. The Labute approximate surface area is 88.1 Å². The largest absolute Gasteiger partial charge is 0.488 e. The first-order valence-electron chi connectivity index (χ1n) is 4.79. The van der Waals surface area contributed by atoms with Crippen LogP contribution in [0, 0.1) is 5.82 Å². The normalized spacial score (nSPS) is 14.7. The van der Waals surface area contributed by atoms with Crippen molar-refractivity contribution in [3.05, 3.63) is 29.6 Å². The molecule has 0 aliphatic heterocycles. The molecule has 0 saturated heterocycles. The highest BCUT2D eigenvalue weighted by Gasteiger charge is 2.08. The van der Waals surface area contributed by atoms with E-state index >= 15 is 0 Å². The molecular weight excluding hydrogens is 199 g/mol. The van der Waals surface area contributed by atoms with Crippen LogP contribution in [0.1, 0.15) is 25.5 Å². The van der Waals surface area contributed by atoms with Gasteiger partial charge in [0.25, 0.3) is 0 Å². The number of ether oxygens (including phenoxy) is 1. The fourth-order valence-electron chi connectivity index (χ4n) is 1.10. The third-order valence-electron chi connectivity index (χ3n) is 1.92. The van der Waals surface area contributed by atoms with E-state index < -0.39 is 18.0 Å². The summed E-state index contributed by atoms with van der Waals surface area (Å²) in [6.07, 6.45) is -1.34. The summed E-state index contributed by atoms with van der Waals surface area (Å²) in [4.78, 5) is 0. The van der Waals surface area contributed by atoms with Crippen molar-refractivity contribution in [1.82, 2.24) is 0 Å². The lowest BCUT2D eigenvalue weighted by molar-refractivity contribution is 0.120. The summed E-state index contributed by atoms with van der Waals surface area (Å²) < 4.78 is 18.4. The van der Waals surface area contributed by atoms with Gasteiger partial charge >= 0.3 is 0 Å². The molecule has 0 heterocycles. The molecule has 0 saturated carbocycles. The Morgan fingerprint density at radius 3 is 2.47 bits per heavy atom. The Morgan fingerprint density at radius 2 is 2.00 bits per heavy atom. The van der Waals surface area contributed by atoms with Crippen LogP contribution in [0.15, 0.2) is 18.2 Å². The molecule has 0 fully saturated rings. The zero-order valence-electron chi connectivity index (χ0n) is 8.77. The fourth-order valence-corrected chi connectivity index (χ4v) is 1.10. The van der Waals surface area contributed by atoms with Crippen molar-refractivity contribution in [2.75, 3.05) is 6.61 Å². The Kier molecular flexibility index (Phi) is 4.05. The molecule has 0 spiro atoms. The highest BCUT2D eigenvalue weighted by molar-refractivity contribution is 5.30. The molecule has 0 aliphatic rings. The molecule has 1 rings (SSSR count). The molecule has 3 nitrogen and oxygen atoms in total. The van der Waals surface area contributed by atoms with Gasteiger partial charge in [0.2, 0.25) is 0 Å². The fraction of sp³-hybridized carbons (Fsp3) is 0.455. The average molecular weight is 214 g/mol. The van der Waals surface area contributed by atoms with Gasteiger partial charge in [-0.15, -0.1) is 0 Å². The van der Waals surface area contributed by atoms with Gasteiger partial charge in [-0.2, -0.15) is 0 Å². The zero-order chi connectivity index (χ0) is 11.4. The van der Waals surface area contributed by atoms with E-state index in [0.717, 1.165) is 0 Å². The number of aliphatic hydroxyl groups is 2. The minimum absolute atomic E-state index is 0.0466. The van der Waals surface area contributed by atoms with Crippen molar-refractivity contribution in [1.29, 1.82) is 0 Å². The van der Waals surface area contributed by atoms with Crippen molar-refractivity contribution in [2.45, 2.75) is 26.1 Å². The highest BCUT2D eigenvalue weighted by atomic mass is 19.1. The van der Waals surface area contributed by atoms with Gasteiger partial charge in [-0.25, -0.2) is 4.39 Å². The smallest absolute Gasteiger partial charge is 0.165 e. The van der Waals surface area contributed by atoms with E-state index in [-0.39, 0.29) is 12.4 Å². The Balaban J connectivity index is 2.75. The topological polar surface area (TPSA) is 49.7 Å². The second kappa shape index (κ2) is 5.09. The predicted octanol–water partition coefficient (Wildman–Crippen LogP) is 1.64. The van der Waals surface area contributed by atoms with Gasteiger partial charge in [0.05, 0.1) is 12.2 Å². The van der Waals surface area contributed by atoms with Gasteiger partial charge < -0.3 is 14.9 Å². The lowest BCUT2D eigenvalue weighted by atomic mass is 10.1. The second-order valence-corrected chi connectivity index (χ2v) is 3.53. The number of benzene rings is 1. The number of hydrogen-bond donors (Lipinski definition) is 2. The van der Waals surface area contributed by atoms with E-state index in [1.165, 1.54) is 12.1 Å². The standard InChI is InChI=1S/C11H15FO3/c1-7(13)6-15-11-4-3-9(8(2)14)5-10(11)12/h3-5,7-8,13-14H,6H2,1-2H3/t7?,8-/m0/s1. The molecule has 0 bridgehead atoms. The monoisotopic (exact) mass is 214 g/mol. The highest BCUT2D eigenvalue weighted by Crippen LogP contribution is 2.21. The van der Waals surface area contributed by atoms with E-state index in [2.05, 4.69) is 0 Å².